The summed E-state index contributed by atoms with van der Waals surface area (Å²) in [4.78, 5) is 14.8. The van der Waals surface area contributed by atoms with E-state index in [2.05, 4.69) is 24.1 Å². The van der Waals surface area contributed by atoms with Gasteiger partial charge in [0.25, 0.3) is 0 Å². The standard InChI is InChI=1S/C21H25N5O3/c1-3-25(4-2)11-14-12-5-6-13(23-10-9-22)17-19(12)26(24-14)20-16(28)8-7-15(27)18(20)21(17)29/h5-8,23,28-29H,3-4,9-11,22H2,1-2H3. The number of pyridine rings is 1. The molecular formula is C21H25N5O3. The van der Waals surface area contributed by atoms with E-state index in [1.807, 2.05) is 12.1 Å². The van der Waals surface area contributed by atoms with E-state index in [0.29, 0.717) is 36.2 Å². The minimum absolute atomic E-state index is 0.0540. The molecule has 0 atom stereocenters. The summed E-state index contributed by atoms with van der Waals surface area (Å²) in [5, 5.41) is 31.0. The van der Waals surface area contributed by atoms with Crippen LogP contribution in [0.1, 0.15) is 19.5 Å². The highest BCUT2D eigenvalue weighted by Gasteiger charge is 2.24. The first-order valence-corrected chi connectivity index (χ1v) is 9.82. The molecule has 0 spiro atoms. The average Bonchev–Trinajstić information content (AvgIpc) is 3.09. The number of phenols is 1. The maximum Gasteiger partial charge on any atom is 0.192 e. The summed E-state index contributed by atoms with van der Waals surface area (Å²) in [5.74, 6) is -0.260. The van der Waals surface area contributed by atoms with Gasteiger partial charge in [-0.15, -0.1) is 0 Å². The molecule has 8 heteroatoms. The number of rotatable bonds is 7. The summed E-state index contributed by atoms with van der Waals surface area (Å²) in [6.07, 6.45) is 0. The Kier molecular flexibility index (Phi) is 4.89. The topological polar surface area (TPSA) is 116 Å². The number of fused-ring (bicyclic) bond motifs is 2. The van der Waals surface area contributed by atoms with Crippen molar-refractivity contribution in [2.24, 2.45) is 5.73 Å². The summed E-state index contributed by atoms with van der Waals surface area (Å²) >= 11 is 0. The summed E-state index contributed by atoms with van der Waals surface area (Å²) in [7, 11) is 0. The first-order chi connectivity index (χ1) is 14.0. The van der Waals surface area contributed by atoms with Crippen LogP contribution < -0.4 is 16.5 Å². The normalized spacial score (nSPS) is 12.0. The molecule has 0 unspecified atom stereocenters. The van der Waals surface area contributed by atoms with E-state index in [4.69, 9.17) is 10.8 Å². The van der Waals surface area contributed by atoms with Crippen molar-refractivity contribution in [1.82, 2.24) is 14.5 Å². The number of nitrogens with two attached hydrogens (primary N) is 1. The van der Waals surface area contributed by atoms with E-state index in [1.165, 1.54) is 12.1 Å². The van der Waals surface area contributed by atoms with Gasteiger partial charge < -0.3 is 21.3 Å². The number of nitrogens with zero attached hydrogens (tertiary/aromatic N) is 3. The van der Waals surface area contributed by atoms with Gasteiger partial charge in [0.05, 0.1) is 22.0 Å². The third kappa shape index (κ3) is 2.92. The van der Waals surface area contributed by atoms with E-state index in [-0.39, 0.29) is 27.8 Å². The molecule has 29 heavy (non-hydrogen) atoms. The van der Waals surface area contributed by atoms with Gasteiger partial charge in [0.15, 0.2) is 5.43 Å². The third-order valence-corrected chi connectivity index (χ3v) is 5.45. The van der Waals surface area contributed by atoms with Gasteiger partial charge >= 0.3 is 0 Å². The lowest BCUT2D eigenvalue weighted by Gasteiger charge is -2.16. The quantitative estimate of drug-likeness (QED) is 0.354. The number of nitrogens with one attached hydrogen (secondary N) is 1. The van der Waals surface area contributed by atoms with Crippen molar-refractivity contribution >= 4 is 32.9 Å². The van der Waals surface area contributed by atoms with Crippen LogP contribution in [0.4, 0.5) is 5.69 Å². The fourth-order valence-corrected chi connectivity index (χ4v) is 3.93. The summed E-state index contributed by atoms with van der Waals surface area (Å²) < 4.78 is 1.59. The molecule has 0 aliphatic heterocycles. The van der Waals surface area contributed by atoms with Crippen molar-refractivity contribution in [2.45, 2.75) is 20.4 Å². The molecule has 5 N–H and O–H groups in total. The van der Waals surface area contributed by atoms with Gasteiger partial charge in [-0.25, -0.2) is 4.52 Å². The molecule has 0 saturated carbocycles. The molecule has 4 rings (SSSR count). The highest BCUT2D eigenvalue weighted by molar-refractivity contribution is 6.14. The van der Waals surface area contributed by atoms with Crippen LogP contribution in [0.3, 0.4) is 0 Å². The molecule has 4 aromatic rings. The van der Waals surface area contributed by atoms with Gasteiger partial charge in [0.2, 0.25) is 0 Å². The molecular weight excluding hydrogens is 370 g/mol. The first-order valence-electron chi connectivity index (χ1n) is 9.82. The Balaban J connectivity index is 2.15. The summed E-state index contributed by atoms with van der Waals surface area (Å²) in [6, 6.07) is 6.42. The number of aromatic hydroxyl groups is 2. The van der Waals surface area contributed by atoms with Crippen LogP contribution in [0.15, 0.2) is 29.1 Å². The Morgan fingerprint density at radius 2 is 1.86 bits per heavy atom. The highest BCUT2D eigenvalue weighted by atomic mass is 16.3. The zero-order valence-electron chi connectivity index (χ0n) is 16.6. The van der Waals surface area contributed by atoms with Crippen LogP contribution in [0.5, 0.6) is 11.5 Å². The summed E-state index contributed by atoms with van der Waals surface area (Å²) in [6.45, 7) is 7.49. The molecule has 8 nitrogen and oxygen atoms in total. The van der Waals surface area contributed by atoms with Gasteiger partial charge in [-0.2, -0.15) is 5.10 Å². The maximum atomic E-state index is 12.6. The second-order valence-corrected chi connectivity index (χ2v) is 7.07. The molecule has 2 heterocycles. The predicted octanol–water partition coefficient (Wildman–Crippen LogP) is 2.06. The smallest absolute Gasteiger partial charge is 0.192 e. The lowest BCUT2D eigenvalue weighted by Crippen LogP contribution is -2.22. The van der Waals surface area contributed by atoms with Gasteiger partial charge in [0.1, 0.15) is 17.0 Å². The molecule has 0 radical (unpaired) electrons. The molecule has 152 valence electrons. The zero-order valence-corrected chi connectivity index (χ0v) is 16.6. The average molecular weight is 395 g/mol. The Morgan fingerprint density at radius 1 is 1.10 bits per heavy atom. The Morgan fingerprint density at radius 3 is 2.55 bits per heavy atom. The zero-order chi connectivity index (χ0) is 20.7. The van der Waals surface area contributed by atoms with E-state index in [0.717, 1.165) is 24.2 Å². The largest absolute Gasteiger partial charge is 0.506 e. The van der Waals surface area contributed by atoms with Crippen LogP contribution in [-0.2, 0) is 6.54 Å². The van der Waals surface area contributed by atoms with Crippen LogP contribution in [0, 0.1) is 0 Å². The SMILES string of the molecule is CCN(CC)Cc1nn2c3c(O)ccc(=O)c3c(O)c3c(NCCN)ccc1c32. The van der Waals surface area contributed by atoms with Crippen molar-refractivity contribution in [1.29, 1.82) is 0 Å². The molecule has 0 saturated heterocycles. The van der Waals surface area contributed by atoms with E-state index >= 15 is 0 Å². The van der Waals surface area contributed by atoms with Gasteiger partial charge in [-0.1, -0.05) is 13.8 Å². The first kappa shape index (κ1) is 19.2. The van der Waals surface area contributed by atoms with Gasteiger partial charge in [-0.3, -0.25) is 9.69 Å². The molecule has 0 fully saturated rings. The Bertz CT molecular complexity index is 1250. The van der Waals surface area contributed by atoms with Gasteiger partial charge in [0, 0.05) is 30.7 Å². The molecule has 2 aromatic carbocycles. The Labute approximate surface area is 167 Å². The fourth-order valence-electron chi connectivity index (χ4n) is 3.93. The second-order valence-electron chi connectivity index (χ2n) is 7.07. The molecule has 0 aliphatic carbocycles. The fraction of sp³-hybridized carbons (Fsp3) is 0.333. The molecule has 2 aromatic heterocycles. The van der Waals surface area contributed by atoms with Crippen molar-refractivity contribution in [3.8, 4) is 11.5 Å². The number of aromatic nitrogens is 2. The van der Waals surface area contributed by atoms with Crippen LogP contribution >= 0.6 is 0 Å². The van der Waals surface area contributed by atoms with Crippen LogP contribution in [-0.4, -0.2) is 50.9 Å². The monoisotopic (exact) mass is 395 g/mol. The van der Waals surface area contributed by atoms with Crippen molar-refractivity contribution in [3.63, 3.8) is 0 Å². The van der Waals surface area contributed by atoms with E-state index in [1.54, 1.807) is 4.52 Å². The van der Waals surface area contributed by atoms with Crippen molar-refractivity contribution < 1.29 is 10.2 Å². The minimum atomic E-state index is -0.372. The highest BCUT2D eigenvalue weighted by Crippen LogP contribution is 2.42. The predicted molar refractivity (Wildman–Crippen MR) is 115 cm³/mol. The third-order valence-electron chi connectivity index (χ3n) is 5.45. The minimum Gasteiger partial charge on any atom is -0.506 e. The Hall–Kier alpha value is -3.10. The lowest BCUT2D eigenvalue weighted by molar-refractivity contribution is 0.293. The molecule has 0 aliphatic rings. The maximum absolute atomic E-state index is 12.6. The number of anilines is 1. The van der Waals surface area contributed by atoms with Crippen molar-refractivity contribution in [3.05, 3.63) is 40.2 Å². The van der Waals surface area contributed by atoms with E-state index in [9.17, 15) is 15.0 Å². The van der Waals surface area contributed by atoms with Gasteiger partial charge in [-0.05, 0) is 37.4 Å². The van der Waals surface area contributed by atoms with Crippen molar-refractivity contribution in [2.75, 3.05) is 31.5 Å². The summed E-state index contributed by atoms with van der Waals surface area (Å²) in [5.41, 5.74) is 7.64. The van der Waals surface area contributed by atoms with Crippen LogP contribution in [0.2, 0.25) is 0 Å². The molecule has 0 amide bonds. The second kappa shape index (κ2) is 7.38. The number of phenolic OH excluding ortho intramolecular Hbond substituents is 1. The number of benzene rings is 2. The number of hydrogen-bond acceptors (Lipinski definition) is 7. The molecule has 0 bridgehead atoms. The van der Waals surface area contributed by atoms with E-state index < -0.39 is 0 Å². The number of hydrogen-bond donors (Lipinski definition) is 4. The van der Waals surface area contributed by atoms with Crippen LogP contribution in [0.25, 0.3) is 27.2 Å². The lowest BCUT2D eigenvalue weighted by atomic mass is 10.0.